The Labute approximate surface area is 135 Å². The van der Waals surface area contributed by atoms with Crippen molar-refractivity contribution in [1.29, 1.82) is 0 Å². The number of hydrogen-bond donors (Lipinski definition) is 1. The number of nitrogens with zero attached hydrogens (tertiary/aromatic N) is 5. The average molecular weight is 398 g/mol. The van der Waals surface area contributed by atoms with Gasteiger partial charge in [-0.25, -0.2) is 14.6 Å². The van der Waals surface area contributed by atoms with E-state index in [1.54, 1.807) is 0 Å². The number of aromatic nitrogens is 4. The molecule has 0 bridgehead atoms. The molecular weight excluding hydrogens is 383 g/mol. The second-order valence-electron chi connectivity index (χ2n) is 5.13. The lowest BCUT2D eigenvalue weighted by Gasteiger charge is -2.19. The average Bonchev–Trinajstić information content (AvgIpc) is 3.00. The Hall–Kier alpha value is -1.71. The Morgan fingerprint density at radius 1 is 1.57 bits per heavy atom. The van der Waals surface area contributed by atoms with Gasteiger partial charge in [0.25, 0.3) is 0 Å². The maximum absolute atomic E-state index is 11.9. The number of rotatable bonds is 2. The molecule has 2 aromatic heterocycles. The number of likely N-dealkylation sites (tertiary alicyclic amines) is 1. The van der Waals surface area contributed by atoms with Crippen molar-refractivity contribution in [2.75, 3.05) is 12.3 Å². The number of halogens is 1. The van der Waals surface area contributed by atoms with E-state index >= 15 is 0 Å². The Bertz CT molecular complexity index is 727. The van der Waals surface area contributed by atoms with Gasteiger partial charge < -0.3 is 10.6 Å². The predicted octanol–water partition coefficient (Wildman–Crippen LogP) is 1.36. The summed E-state index contributed by atoms with van der Waals surface area (Å²) in [6.07, 6.45) is 3.62. The molecule has 7 nitrogen and oxygen atoms in total. The lowest BCUT2D eigenvalue weighted by atomic mass is 10.2. The Balaban J connectivity index is 2.01. The fourth-order valence-electron chi connectivity index (χ4n) is 2.81. The first kappa shape index (κ1) is 14.2. The molecular formula is C13H15IN6O. The van der Waals surface area contributed by atoms with Crippen LogP contribution in [-0.4, -0.2) is 43.1 Å². The Morgan fingerprint density at radius 3 is 3.05 bits per heavy atom. The maximum atomic E-state index is 11.9. The van der Waals surface area contributed by atoms with E-state index in [2.05, 4.69) is 44.2 Å². The first-order valence-corrected chi connectivity index (χ1v) is 7.68. The van der Waals surface area contributed by atoms with Crippen LogP contribution in [0.4, 0.5) is 5.82 Å². The second-order valence-corrected chi connectivity index (χ2v) is 6.15. The molecule has 0 aromatic carbocycles. The van der Waals surface area contributed by atoms with Crippen molar-refractivity contribution < 1.29 is 4.79 Å². The first-order valence-electron chi connectivity index (χ1n) is 6.60. The third-order valence-corrected chi connectivity index (χ3v) is 4.59. The van der Waals surface area contributed by atoms with Crippen LogP contribution in [0.2, 0.25) is 0 Å². The summed E-state index contributed by atoms with van der Waals surface area (Å²) >= 11 is 2.13. The minimum absolute atomic E-state index is 0.0506. The van der Waals surface area contributed by atoms with Crippen molar-refractivity contribution >= 4 is 45.3 Å². The lowest BCUT2D eigenvalue weighted by molar-refractivity contribution is -0.126. The lowest BCUT2D eigenvalue weighted by Crippen LogP contribution is -2.32. The first-order chi connectivity index (χ1) is 10.0. The fraction of sp³-hybridized carbons (Fsp3) is 0.385. The largest absolute Gasteiger partial charge is 0.383 e. The van der Waals surface area contributed by atoms with Gasteiger partial charge in [0.15, 0.2) is 5.65 Å². The molecule has 0 aliphatic carbocycles. The molecule has 3 rings (SSSR count). The summed E-state index contributed by atoms with van der Waals surface area (Å²) in [6.45, 7) is 6.18. The number of amides is 1. The molecule has 0 saturated carbocycles. The van der Waals surface area contributed by atoms with E-state index in [1.165, 1.54) is 12.4 Å². The topological polar surface area (TPSA) is 89.9 Å². The number of carbonyl (C=O) groups is 1. The van der Waals surface area contributed by atoms with Crippen LogP contribution in [0.15, 0.2) is 19.0 Å². The third kappa shape index (κ3) is 2.27. The van der Waals surface area contributed by atoms with E-state index in [1.807, 2.05) is 16.5 Å². The zero-order valence-electron chi connectivity index (χ0n) is 11.5. The van der Waals surface area contributed by atoms with E-state index in [0.717, 1.165) is 21.2 Å². The van der Waals surface area contributed by atoms with Gasteiger partial charge in [0, 0.05) is 12.6 Å². The maximum Gasteiger partial charge on any atom is 0.246 e. The summed E-state index contributed by atoms with van der Waals surface area (Å²) in [5.74, 6) is 0.381. The molecule has 1 saturated heterocycles. The summed E-state index contributed by atoms with van der Waals surface area (Å²) < 4.78 is 2.64. The highest BCUT2D eigenvalue weighted by atomic mass is 127. The zero-order chi connectivity index (χ0) is 15.1. The molecule has 110 valence electrons. The SMILES string of the molecule is C=CC(=O)N1C[C@@H](n2nc(I)c3c(N)ncnc32)C[C@@H]1C. The molecule has 2 N–H and O–H groups in total. The highest BCUT2D eigenvalue weighted by Crippen LogP contribution is 2.31. The van der Waals surface area contributed by atoms with Crippen molar-refractivity contribution in [3.63, 3.8) is 0 Å². The van der Waals surface area contributed by atoms with Gasteiger partial charge in [0.1, 0.15) is 15.8 Å². The van der Waals surface area contributed by atoms with Gasteiger partial charge >= 0.3 is 0 Å². The van der Waals surface area contributed by atoms with Crippen LogP contribution in [0.5, 0.6) is 0 Å². The Morgan fingerprint density at radius 2 is 2.33 bits per heavy atom. The standard InChI is InChI=1S/C13H15IN6O/c1-3-9(21)19-5-8(4-7(19)2)20-13-10(11(14)18-20)12(15)16-6-17-13/h3,6-8H,1,4-5H2,2H3,(H2,15,16,17)/t7-,8-/m0/s1. The van der Waals surface area contributed by atoms with Crippen LogP contribution in [0.3, 0.4) is 0 Å². The molecule has 3 heterocycles. The Kier molecular flexibility index (Phi) is 3.56. The number of hydrogen-bond acceptors (Lipinski definition) is 5. The summed E-state index contributed by atoms with van der Waals surface area (Å²) in [7, 11) is 0. The second kappa shape index (κ2) is 5.24. The normalized spacial score (nSPS) is 21.9. The number of fused-ring (bicyclic) bond motifs is 1. The zero-order valence-corrected chi connectivity index (χ0v) is 13.7. The molecule has 2 atom stereocenters. The van der Waals surface area contributed by atoms with Crippen molar-refractivity contribution in [3.8, 4) is 0 Å². The quantitative estimate of drug-likeness (QED) is 0.610. The van der Waals surface area contributed by atoms with E-state index in [4.69, 9.17) is 5.73 Å². The van der Waals surface area contributed by atoms with Crippen molar-refractivity contribution in [3.05, 3.63) is 22.7 Å². The molecule has 1 fully saturated rings. The highest BCUT2D eigenvalue weighted by Gasteiger charge is 2.34. The van der Waals surface area contributed by atoms with Gasteiger partial charge in [-0.05, 0) is 42.0 Å². The van der Waals surface area contributed by atoms with Gasteiger partial charge in [0.2, 0.25) is 5.91 Å². The van der Waals surface area contributed by atoms with Gasteiger partial charge in [-0.1, -0.05) is 6.58 Å². The number of carbonyl (C=O) groups excluding carboxylic acids is 1. The molecule has 0 spiro atoms. The van der Waals surface area contributed by atoms with E-state index in [-0.39, 0.29) is 18.0 Å². The minimum Gasteiger partial charge on any atom is -0.383 e. The van der Waals surface area contributed by atoms with Crippen LogP contribution < -0.4 is 5.73 Å². The molecule has 8 heteroatoms. The van der Waals surface area contributed by atoms with Gasteiger partial charge in [0.05, 0.1) is 11.4 Å². The molecule has 1 aliphatic heterocycles. The van der Waals surface area contributed by atoms with E-state index in [0.29, 0.717) is 12.4 Å². The smallest absolute Gasteiger partial charge is 0.246 e. The van der Waals surface area contributed by atoms with Crippen LogP contribution in [0.1, 0.15) is 19.4 Å². The minimum atomic E-state index is -0.0506. The van der Waals surface area contributed by atoms with Crippen LogP contribution >= 0.6 is 22.6 Å². The predicted molar refractivity (Wildman–Crippen MR) is 87.5 cm³/mol. The monoisotopic (exact) mass is 398 g/mol. The van der Waals surface area contributed by atoms with Crippen LogP contribution in [-0.2, 0) is 4.79 Å². The fourth-order valence-corrected chi connectivity index (χ4v) is 3.56. The highest BCUT2D eigenvalue weighted by molar-refractivity contribution is 14.1. The van der Waals surface area contributed by atoms with Crippen LogP contribution in [0, 0.1) is 3.70 Å². The molecule has 0 radical (unpaired) electrons. The van der Waals surface area contributed by atoms with E-state index in [9.17, 15) is 4.79 Å². The van der Waals surface area contributed by atoms with Crippen molar-refractivity contribution in [1.82, 2.24) is 24.6 Å². The van der Waals surface area contributed by atoms with E-state index < -0.39 is 0 Å². The number of anilines is 1. The molecule has 1 aliphatic rings. The van der Waals surface area contributed by atoms with Gasteiger partial charge in [-0.2, -0.15) is 5.10 Å². The summed E-state index contributed by atoms with van der Waals surface area (Å²) in [6, 6.07) is 0.237. The third-order valence-electron chi connectivity index (χ3n) is 3.83. The molecule has 1 amide bonds. The number of nitrogen functional groups attached to an aromatic ring is 1. The summed E-state index contributed by atoms with van der Waals surface area (Å²) in [5.41, 5.74) is 6.63. The van der Waals surface area contributed by atoms with Crippen molar-refractivity contribution in [2.24, 2.45) is 0 Å². The molecule has 0 unspecified atom stereocenters. The molecule has 2 aromatic rings. The number of nitrogens with two attached hydrogens (primary N) is 1. The summed E-state index contributed by atoms with van der Waals surface area (Å²) in [5, 5.41) is 5.32. The summed E-state index contributed by atoms with van der Waals surface area (Å²) in [4.78, 5) is 22.0. The van der Waals surface area contributed by atoms with Gasteiger partial charge in [-0.3, -0.25) is 4.79 Å². The van der Waals surface area contributed by atoms with Crippen molar-refractivity contribution in [2.45, 2.75) is 25.4 Å². The van der Waals surface area contributed by atoms with Gasteiger partial charge in [-0.15, -0.1) is 0 Å². The van der Waals surface area contributed by atoms with Crippen LogP contribution in [0.25, 0.3) is 11.0 Å². The molecule has 21 heavy (non-hydrogen) atoms.